The van der Waals surface area contributed by atoms with Crippen molar-refractivity contribution in [1.82, 2.24) is 0 Å². The van der Waals surface area contributed by atoms with E-state index in [1.54, 1.807) is 0 Å². The first-order chi connectivity index (χ1) is 6.72. The van der Waals surface area contributed by atoms with E-state index in [1.165, 1.54) is 7.11 Å². The molecule has 0 bridgehead atoms. The minimum absolute atomic E-state index is 0.290. The van der Waals surface area contributed by atoms with Crippen LogP contribution in [-0.4, -0.2) is 48.5 Å². The Bertz CT molecular complexity index is 231. The summed E-state index contributed by atoms with van der Waals surface area (Å²) in [6.45, 7) is -0.335. The zero-order valence-electron chi connectivity index (χ0n) is 7.78. The molecular weight excluding hydrogens is 190 g/mol. The quantitative estimate of drug-likeness (QED) is 0.375. The van der Waals surface area contributed by atoms with Gasteiger partial charge in [-0.25, -0.2) is 0 Å². The summed E-state index contributed by atoms with van der Waals surface area (Å²) in [7, 11) is 1.45. The summed E-state index contributed by atoms with van der Waals surface area (Å²) in [4.78, 5) is 2.62. The predicted molar refractivity (Wildman–Crippen MR) is 46.3 cm³/mol. The lowest BCUT2D eigenvalue weighted by Crippen LogP contribution is -2.49. The molecule has 7 heteroatoms. The van der Waals surface area contributed by atoms with Crippen LogP contribution in [-0.2, 0) is 9.47 Å². The maximum absolute atomic E-state index is 9.57. The van der Waals surface area contributed by atoms with Gasteiger partial charge in [-0.3, -0.25) is 0 Å². The van der Waals surface area contributed by atoms with Crippen LogP contribution in [0.25, 0.3) is 10.4 Å². The number of aliphatic hydroxyl groups is 2. The first kappa shape index (κ1) is 11.2. The fraction of sp³-hybridized carbons (Fsp3) is 1.00. The summed E-state index contributed by atoms with van der Waals surface area (Å²) in [5.74, 6) is 0. The first-order valence-electron chi connectivity index (χ1n) is 4.24. The third-order valence-corrected chi connectivity index (χ3v) is 2.18. The molecule has 1 aliphatic heterocycles. The van der Waals surface area contributed by atoms with Crippen LogP contribution in [0.1, 0.15) is 6.42 Å². The molecule has 14 heavy (non-hydrogen) atoms. The van der Waals surface area contributed by atoms with Crippen LogP contribution >= 0.6 is 0 Å². The average Bonchev–Trinajstić information content (AvgIpc) is 2.21. The molecule has 0 saturated carbocycles. The van der Waals surface area contributed by atoms with Gasteiger partial charge in [-0.2, -0.15) is 0 Å². The summed E-state index contributed by atoms with van der Waals surface area (Å²) in [6.07, 6.45) is -2.00. The van der Waals surface area contributed by atoms with Gasteiger partial charge in [0, 0.05) is 18.4 Å². The maximum Gasteiger partial charge on any atom is 0.158 e. The Balaban J connectivity index is 2.69. The van der Waals surface area contributed by atoms with Crippen molar-refractivity contribution in [1.29, 1.82) is 0 Å². The van der Waals surface area contributed by atoms with Crippen LogP contribution in [0.5, 0.6) is 0 Å². The van der Waals surface area contributed by atoms with Gasteiger partial charge in [0.15, 0.2) is 6.29 Å². The van der Waals surface area contributed by atoms with Gasteiger partial charge in [-0.15, -0.1) is 0 Å². The minimum Gasteiger partial charge on any atom is -0.394 e. The Kier molecular flexibility index (Phi) is 4.12. The molecule has 0 aromatic carbocycles. The second-order valence-electron chi connectivity index (χ2n) is 3.02. The maximum atomic E-state index is 9.57. The van der Waals surface area contributed by atoms with Crippen LogP contribution in [0.2, 0.25) is 0 Å². The molecule has 0 unspecified atom stereocenters. The number of methoxy groups -OCH3 is 1. The number of hydrogen-bond donors (Lipinski definition) is 2. The molecule has 1 fully saturated rings. The lowest BCUT2D eigenvalue weighted by atomic mass is 10.00. The van der Waals surface area contributed by atoms with Crippen molar-refractivity contribution in [3.05, 3.63) is 10.4 Å². The predicted octanol–water partition coefficient (Wildman–Crippen LogP) is -0.220. The third-order valence-electron chi connectivity index (χ3n) is 2.18. The monoisotopic (exact) mass is 203 g/mol. The number of aliphatic hydroxyl groups excluding tert-OH is 2. The lowest BCUT2D eigenvalue weighted by molar-refractivity contribution is -0.224. The van der Waals surface area contributed by atoms with Gasteiger partial charge < -0.3 is 19.7 Å². The van der Waals surface area contributed by atoms with Crippen LogP contribution in [0, 0.1) is 0 Å². The highest BCUT2D eigenvalue weighted by molar-refractivity contribution is 4.87. The second-order valence-corrected chi connectivity index (χ2v) is 3.02. The molecular formula is C7H13N3O4. The van der Waals surface area contributed by atoms with Crippen LogP contribution in [0.3, 0.4) is 0 Å². The molecule has 0 amide bonds. The molecule has 0 spiro atoms. The van der Waals surface area contributed by atoms with E-state index in [-0.39, 0.29) is 13.0 Å². The molecule has 0 aromatic heterocycles. The number of azide groups is 1. The van der Waals surface area contributed by atoms with Gasteiger partial charge in [0.2, 0.25) is 0 Å². The molecule has 7 nitrogen and oxygen atoms in total. The smallest absolute Gasteiger partial charge is 0.158 e. The molecule has 1 rings (SSSR count). The van der Waals surface area contributed by atoms with Crippen molar-refractivity contribution in [2.24, 2.45) is 5.11 Å². The van der Waals surface area contributed by atoms with Gasteiger partial charge >= 0.3 is 0 Å². The van der Waals surface area contributed by atoms with Crippen LogP contribution in [0.4, 0.5) is 0 Å². The molecule has 0 aliphatic carbocycles. The van der Waals surface area contributed by atoms with Crippen molar-refractivity contribution in [3.8, 4) is 0 Å². The van der Waals surface area contributed by atoms with Gasteiger partial charge in [-0.1, -0.05) is 5.11 Å². The molecule has 1 saturated heterocycles. The highest BCUT2D eigenvalue weighted by Gasteiger charge is 2.36. The van der Waals surface area contributed by atoms with E-state index >= 15 is 0 Å². The SMILES string of the molecule is CO[C@H]1C[C@@H](N=[N+]=[N-])[C@H](O)[C@@H](CO)O1. The van der Waals surface area contributed by atoms with Crippen molar-refractivity contribution >= 4 is 0 Å². The van der Waals surface area contributed by atoms with E-state index in [1.807, 2.05) is 0 Å². The largest absolute Gasteiger partial charge is 0.394 e. The number of hydrogen-bond acceptors (Lipinski definition) is 5. The summed E-state index contributed by atoms with van der Waals surface area (Å²) < 4.78 is 10.1. The van der Waals surface area contributed by atoms with Crippen LogP contribution in [0.15, 0.2) is 5.11 Å². The molecule has 2 N–H and O–H groups in total. The molecule has 0 aromatic rings. The molecule has 1 aliphatic rings. The van der Waals surface area contributed by atoms with Gasteiger partial charge in [0.1, 0.15) is 6.10 Å². The Morgan fingerprint density at radius 2 is 2.43 bits per heavy atom. The summed E-state index contributed by atoms with van der Waals surface area (Å²) in [6, 6.07) is -0.615. The van der Waals surface area contributed by atoms with E-state index in [9.17, 15) is 5.11 Å². The van der Waals surface area contributed by atoms with E-state index < -0.39 is 24.5 Å². The van der Waals surface area contributed by atoms with Gasteiger partial charge in [-0.05, 0) is 5.53 Å². The van der Waals surface area contributed by atoms with Crippen LogP contribution < -0.4 is 0 Å². The standard InChI is InChI=1S/C7H13N3O4/c1-13-6-2-4(9-10-8)7(12)5(3-11)14-6/h4-7,11-12H,2-3H2,1H3/t4-,5-,6-,7+/m1/s1. The van der Waals surface area contributed by atoms with E-state index in [4.69, 9.17) is 20.1 Å². The van der Waals surface area contributed by atoms with Gasteiger partial charge in [0.25, 0.3) is 0 Å². The van der Waals surface area contributed by atoms with E-state index in [0.717, 1.165) is 0 Å². The van der Waals surface area contributed by atoms with E-state index in [2.05, 4.69) is 10.0 Å². The Morgan fingerprint density at radius 3 is 2.93 bits per heavy atom. The molecule has 0 radical (unpaired) electrons. The fourth-order valence-corrected chi connectivity index (χ4v) is 1.40. The highest BCUT2D eigenvalue weighted by Crippen LogP contribution is 2.23. The minimum atomic E-state index is -0.984. The Hall–Kier alpha value is -0.850. The van der Waals surface area contributed by atoms with Crippen molar-refractivity contribution < 1.29 is 19.7 Å². The summed E-state index contributed by atoms with van der Waals surface area (Å²) >= 11 is 0. The van der Waals surface area contributed by atoms with E-state index in [0.29, 0.717) is 0 Å². The third kappa shape index (κ3) is 2.34. The zero-order chi connectivity index (χ0) is 10.6. The first-order valence-corrected chi connectivity index (χ1v) is 4.24. The zero-order valence-corrected chi connectivity index (χ0v) is 7.78. The highest BCUT2D eigenvalue weighted by atomic mass is 16.7. The molecule has 80 valence electrons. The normalized spacial score (nSPS) is 37.6. The Morgan fingerprint density at radius 1 is 1.71 bits per heavy atom. The van der Waals surface area contributed by atoms with Crippen molar-refractivity contribution in [3.63, 3.8) is 0 Å². The number of rotatable bonds is 3. The summed E-state index contributed by atoms with van der Waals surface area (Å²) in [5, 5.41) is 21.9. The summed E-state index contributed by atoms with van der Waals surface area (Å²) in [5.41, 5.74) is 8.26. The van der Waals surface area contributed by atoms with Gasteiger partial charge in [0.05, 0.1) is 18.8 Å². The average molecular weight is 203 g/mol. The number of nitrogens with zero attached hydrogens (tertiary/aromatic N) is 3. The van der Waals surface area contributed by atoms with Crippen molar-refractivity contribution in [2.75, 3.05) is 13.7 Å². The second kappa shape index (κ2) is 5.14. The lowest BCUT2D eigenvalue weighted by Gasteiger charge is -2.35. The molecule has 4 atom stereocenters. The molecule has 1 heterocycles. The van der Waals surface area contributed by atoms with Crippen molar-refractivity contribution in [2.45, 2.75) is 31.0 Å². The Labute approximate surface area is 80.9 Å². The fourth-order valence-electron chi connectivity index (χ4n) is 1.40. The number of ether oxygens (including phenoxy) is 2. The topological polar surface area (TPSA) is 108 Å².